The molecule has 4 nitrogen and oxygen atoms in total. The molecule has 0 aliphatic heterocycles. The molecule has 0 bridgehead atoms. The zero-order valence-electron chi connectivity index (χ0n) is 36.3. The van der Waals surface area contributed by atoms with Gasteiger partial charge in [-0.05, 0) is 155 Å². The molecule has 0 unspecified atom stereocenters. The first-order chi connectivity index (χ1) is 31.9. The summed E-state index contributed by atoms with van der Waals surface area (Å²) in [5.41, 5.74) is 9.27. The van der Waals surface area contributed by atoms with Crippen LogP contribution in [0.3, 0.4) is 0 Å². The maximum absolute atomic E-state index is 16.9. The molecule has 0 saturated carbocycles. The van der Waals surface area contributed by atoms with E-state index in [9.17, 15) is 10.5 Å². The minimum atomic E-state index is -0.778. The second-order valence-corrected chi connectivity index (χ2v) is 16.7. The van der Waals surface area contributed by atoms with Crippen LogP contribution in [0.5, 0.6) is 0 Å². The lowest BCUT2D eigenvalue weighted by Crippen LogP contribution is -2.15. The lowest BCUT2D eigenvalue weighted by atomic mass is 9.91. The van der Waals surface area contributed by atoms with Crippen LogP contribution in [0.15, 0.2) is 158 Å². The molecule has 0 fully saturated rings. The normalized spacial score (nSPS) is 11.3. The van der Waals surface area contributed by atoms with Gasteiger partial charge in [-0.15, -0.1) is 0 Å². The minimum Gasteiger partial charge on any atom is -0.307 e. The van der Waals surface area contributed by atoms with Gasteiger partial charge in [0.25, 0.3) is 0 Å². The monoisotopic (exact) mass is 866 g/mol. The molecule has 0 saturated heterocycles. The fourth-order valence-corrected chi connectivity index (χ4v) is 9.15. The van der Waals surface area contributed by atoms with Crippen LogP contribution in [0.4, 0.5) is 51.7 Å². The van der Waals surface area contributed by atoms with E-state index in [1.54, 1.807) is 58.3 Å². The lowest BCUT2D eigenvalue weighted by Gasteiger charge is -2.31. The van der Waals surface area contributed by atoms with Gasteiger partial charge in [-0.1, -0.05) is 72.8 Å². The molecule has 0 radical (unpaired) electrons. The largest absolute Gasteiger partial charge is 0.307 e. The van der Waals surface area contributed by atoms with Crippen molar-refractivity contribution in [1.29, 1.82) is 10.5 Å². The van der Waals surface area contributed by atoms with Crippen molar-refractivity contribution in [3.8, 4) is 34.4 Å². The van der Waals surface area contributed by atoms with Gasteiger partial charge in [0.1, 0.15) is 11.6 Å². The van der Waals surface area contributed by atoms with Gasteiger partial charge in [0.15, 0.2) is 11.6 Å². The number of anilines is 6. The van der Waals surface area contributed by atoms with Crippen molar-refractivity contribution >= 4 is 66.4 Å². The minimum absolute atomic E-state index is 0.123. The average Bonchev–Trinajstić information content (AvgIpc) is 3.32. The summed E-state index contributed by atoms with van der Waals surface area (Å²) in [5, 5.41) is 24.4. The van der Waals surface area contributed by atoms with Crippen LogP contribution >= 0.6 is 0 Å². The van der Waals surface area contributed by atoms with Crippen LogP contribution in [-0.2, 0) is 0 Å². The van der Waals surface area contributed by atoms with Gasteiger partial charge in [-0.3, -0.25) is 0 Å². The van der Waals surface area contributed by atoms with Gasteiger partial charge < -0.3 is 9.80 Å². The molecule has 66 heavy (non-hydrogen) atoms. The third-order valence-electron chi connectivity index (χ3n) is 12.7. The standard InChI is InChI=1S/C58H38F4N4/c1-33-5-11-41(25-35(33)3)49-27-43(59)29-51(61)57(49)65(45-17-7-37(31-63)8-18-45)53-23-15-39-14-22-48-54(24-16-40-13-21-47(53)55(39)56(40)48)66(46-19-9-38(32-64)10-20-46)58-50(28-44(60)30-52(58)62)42-12-6-34(2)36(4)26-42/h5-30H,1-4H3. The fraction of sp³-hybridized carbons (Fsp3) is 0.0690. The predicted molar refractivity (Wildman–Crippen MR) is 259 cm³/mol. The maximum Gasteiger partial charge on any atom is 0.150 e. The molecule has 0 amide bonds. The van der Waals surface area contributed by atoms with Gasteiger partial charge in [0.2, 0.25) is 0 Å². The fourth-order valence-electron chi connectivity index (χ4n) is 9.15. The smallest absolute Gasteiger partial charge is 0.150 e. The first-order valence-corrected chi connectivity index (χ1v) is 21.4. The van der Waals surface area contributed by atoms with E-state index in [1.807, 2.05) is 113 Å². The van der Waals surface area contributed by atoms with Crippen molar-refractivity contribution in [2.45, 2.75) is 27.7 Å². The summed E-state index contributed by atoms with van der Waals surface area (Å²) >= 11 is 0. The molecule has 10 aromatic carbocycles. The number of nitriles is 2. The molecule has 10 rings (SSSR count). The number of hydrogen-bond acceptors (Lipinski definition) is 4. The van der Waals surface area contributed by atoms with E-state index in [0.29, 0.717) is 56.1 Å². The van der Waals surface area contributed by atoms with Crippen molar-refractivity contribution in [2.75, 3.05) is 9.80 Å². The van der Waals surface area contributed by atoms with Gasteiger partial charge in [-0.2, -0.15) is 10.5 Å². The zero-order valence-corrected chi connectivity index (χ0v) is 36.3. The summed E-state index contributed by atoms with van der Waals surface area (Å²) in [6, 6.07) is 49.6. The van der Waals surface area contributed by atoms with Crippen LogP contribution < -0.4 is 9.80 Å². The van der Waals surface area contributed by atoms with E-state index in [1.165, 1.54) is 12.1 Å². The number of benzene rings is 10. The van der Waals surface area contributed by atoms with E-state index in [0.717, 1.165) is 66.7 Å². The van der Waals surface area contributed by atoms with E-state index < -0.39 is 23.3 Å². The number of halogens is 4. The van der Waals surface area contributed by atoms with Crippen LogP contribution in [0, 0.1) is 73.6 Å². The SMILES string of the molecule is Cc1ccc(-c2cc(F)cc(F)c2N(c2ccc(C#N)cc2)c2ccc3ccc4c(N(c5ccc(C#N)cc5)c5c(F)cc(F)cc5-c5ccc(C)c(C)c5)ccc5ccc2c3c54)cc1C. The van der Waals surface area contributed by atoms with E-state index >= 15 is 17.6 Å². The summed E-state index contributed by atoms with van der Waals surface area (Å²) in [7, 11) is 0. The van der Waals surface area contributed by atoms with E-state index in [-0.39, 0.29) is 11.4 Å². The summed E-state index contributed by atoms with van der Waals surface area (Å²) in [6.45, 7) is 7.88. The number of aryl methyl sites for hydroxylation is 4. The Bertz CT molecular complexity index is 3420. The maximum atomic E-state index is 16.9. The quantitative estimate of drug-likeness (QED) is 0.113. The highest BCUT2D eigenvalue weighted by Crippen LogP contribution is 2.51. The molecule has 0 atom stereocenters. The summed E-state index contributed by atoms with van der Waals surface area (Å²) in [4.78, 5) is 3.56. The summed E-state index contributed by atoms with van der Waals surface area (Å²) in [6.07, 6.45) is 0. The van der Waals surface area contributed by atoms with Crippen molar-refractivity contribution in [3.63, 3.8) is 0 Å². The first kappa shape index (κ1) is 41.5. The highest BCUT2D eigenvalue weighted by atomic mass is 19.1. The van der Waals surface area contributed by atoms with Gasteiger partial charge in [0.05, 0.1) is 46.0 Å². The van der Waals surface area contributed by atoms with Gasteiger partial charge in [0, 0.05) is 45.4 Å². The second kappa shape index (κ2) is 16.3. The molecule has 8 heteroatoms. The molecule has 0 aliphatic rings. The topological polar surface area (TPSA) is 54.1 Å². The molecule has 10 aromatic rings. The van der Waals surface area contributed by atoms with Gasteiger partial charge in [-0.25, -0.2) is 17.6 Å². The lowest BCUT2D eigenvalue weighted by molar-refractivity contribution is 0.584. The number of hydrogen-bond donors (Lipinski definition) is 0. The Kier molecular flexibility index (Phi) is 10.2. The van der Waals surface area contributed by atoms with Crippen molar-refractivity contribution in [1.82, 2.24) is 0 Å². The van der Waals surface area contributed by atoms with E-state index in [4.69, 9.17) is 0 Å². The highest BCUT2D eigenvalue weighted by Gasteiger charge is 2.28. The molecule has 0 N–H and O–H groups in total. The summed E-state index contributed by atoms with van der Waals surface area (Å²) < 4.78 is 64.6. The Morgan fingerprint density at radius 3 is 1.14 bits per heavy atom. The highest BCUT2D eigenvalue weighted by molar-refractivity contribution is 6.28. The zero-order chi connectivity index (χ0) is 46.0. The molecule has 318 valence electrons. The van der Waals surface area contributed by atoms with Crippen LogP contribution in [-0.4, -0.2) is 0 Å². The Labute approximate surface area is 379 Å². The number of rotatable bonds is 8. The molecular formula is C58H38F4N4. The Morgan fingerprint density at radius 2 is 0.773 bits per heavy atom. The Morgan fingerprint density at radius 1 is 0.394 bits per heavy atom. The number of nitrogens with zero attached hydrogens (tertiary/aromatic N) is 4. The predicted octanol–water partition coefficient (Wildman–Crippen LogP) is 16.4. The van der Waals surface area contributed by atoms with Crippen LogP contribution in [0.25, 0.3) is 54.6 Å². The van der Waals surface area contributed by atoms with Crippen LogP contribution in [0.1, 0.15) is 33.4 Å². The Hall–Kier alpha value is -8.46. The van der Waals surface area contributed by atoms with Crippen LogP contribution in [0.2, 0.25) is 0 Å². The third-order valence-corrected chi connectivity index (χ3v) is 12.7. The van der Waals surface area contributed by atoms with Gasteiger partial charge >= 0.3 is 0 Å². The van der Waals surface area contributed by atoms with Crippen molar-refractivity contribution in [3.05, 3.63) is 214 Å². The molecule has 0 aliphatic carbocycles. The van der Waals surface area contributed by atoms with Crippen molar-refractivity contribution < 1.29 is 17.6 Å². The average molecular weight is 867 g/mol. The molecule has 0 spiro atoms. The second-order valence-electron chi connectivity index (χ2n) is 16.7. The van der Waals surface area contributed by atoms with E-state index in [2.05, 4.69) is 12.1 Å². The molecule has 0 aromatic heterocycles. The first-order valence-electron chi connectivity index (χ1n) is 21.4. The third kappa shape index (κ3) is 7.01. The molecule has 0 heterocycles. The summed E-state index contributed by atoms with van der Waals surface area (Å²) in [5.74, 6) is -3.01. The Balaban J connectivity index is 1.27. The van der Waals surface area contributed by atoms with Crippen molar-refractivity contribution in [2.24, 2.45) is 0 Å². The molecular weight excluding hydrogens is 829 g/mol.